The van der Waals surface area contributed by atoms with Crippen molar-refractivity contribution >= 4 is 27.6 Å². The van der Waals surface area contributed by atoms with E-state index < -0.39 is 16.0 Å². The zero-order chi connectivity index (χ0) is 13.1. The van der Waals surface area contributed by atoms with Crippen LogP contribution in [0.2, 0.25) is 5.02 Å². The molecule has 5 nitrogen and oxygen atoms in total. The van der Waals surface area contributed by atoms with E-state index in [9.17, 15) is 13.2 Å². The van der Waals surface area contributed by atoms with Gasteiger partial charge < -0.3 is 5.11 Å². The van der Waals surface area contributed by atoms with E-state index in [1.165, 1.54) is 18.2 Å². The highest BCUT2D eigenvalue weighted by Crippen LogP contribution is 2.19. The SMILES string of the molecule is Cc1cc(S(=O)(=O)NCCC(=O)O)ccc1Cl. The molecule has 7 heteroatoms. The van der Waals surface area contributed by atoms with Gasteiger partial charge in [-0.2, -0.15) is 0 Å². The van der Waals surface area contributed by atoms with Gasteiger partial charge in [0, 0.05) is 11.6 Å². The Kier molecular flexibility index (Phi) is 4.50. The van der Waals surface area contributed by atoms with E-state index in [1.54, 1.807) is 6.92 Å². The summed E-state index contributed by atoms with van der Waals surface area (Å²) >= 11 is 5.78. The molecule has 0 fully saturated rings. The molecule has 0 amide bonds. The highest BCUT2D eigenvalue weighted by molar-refractivity contribution is 7.89. The summed E-state index contributed by atoms with van der Waals surface area (Å²) in [5.74, 6) is -1.06. The quantitative estimate of drug-likeness (QED) is 0.852. The van der Waals surface area contributed by atoms with Crippen molar-refractivity contribution in [2.75, 3.05) is 6.54 Å². The summed E-state index contributed by atoms with van der Waals surface area (Å²) in [5.41, 5.74) is 0.646. The number of rotatable bonds is 5. The molecule has 0 saturated heterocycles. The largest absolute Gasteiger partial charge is 0.481 e. The van der Waals surface area contributed by atoms with E-state index in [2.05, 4.69) is 4.72 Å². The normalized spacial score (nSPS) is 11.4. The Morgan fingerprint density at radius 1 is 1.47 bits per heavy atom. The molecule has 1 aromatic carbocycles. The van der Waals surface area contributed by atoms with Crippen molar-refractivity contribution in [2.24, 2.45) is 0 Å². The van der Waals surface area contributed by atoms with E-state index in [0.717, 1.165) is 0 Å². The molecule has 0 aromatic heterocycles. The third-order valence-electron chi connectivity index (χ3n) is 2.07. The van der Waals surface area contributed by atoms with Gasteiger partial charge in [0.2, 0.25) is 10.0 Å². The summed E-state index contributed by atoms with van der Waals surface area (Å²) in [4.78, 5) is 10.3. The Morgan fingerprint density at radius 3 is 2.65 bits per heavy atom. The van der Waals surface area contributed by atoms with Crippen LogP contribution in [0.25, 0.3) is 0 Å². The maximum absolute atomic E-state index is 11.7. The highest BCUT2D eigenvalue weighted by atomic mass is 35.5. The van der Waals surface area contributed by atoms with Gasteiger partial charge in [-0.25, -0.2) is 13.1 Å². The van der Waals surface area contributed by atoms with Crippen molar-refractivity contribution < 1.29 is 18.3 Å². The Labute approximate surface area is 104 Å². The molecular formula is C10H12ClNO4S. The average Bonchev–Trinajstić information content (AvgIpc) is 2.21. The van der Waals surface area contributed by atoms with Gasteiger partial charge in [0.1, 0.15) is 0 Å². The summed E-state index contributed by atoms with van der Waals surface area (Å²) in [6.45, 7) is 1.55. The minimum absolute atomic E-state index is 0.0739. The molecule has 1 rings (SSSR count). The second kappa shape index (κ2) is 5.48. The van der Waals surface area contributed by atoms with Crippen LogP contribution in [-0.4, -0.2) is 26.0 Å². The molecule has 1 aromatic rings. The number of carboxylic acids is 1. The molecule has 0 radical (unpaired) electrons. The lowest BCUT2D eigenvalue weighted by Gasteiger charge is -2.07. The van der Waals surface area contributed by atoms with Crippen molar-refractivity contribution in [2.45, 2.75) is 18.2 Å². The van der Waals surface area contributed by atoms with Crippen molar-refractivity contribution in [3.8, 4) is 0 Å². The Balaban J connectivity index is 2.82. The number of sulfonamides is 1. The van der Waals surface area contributed by atoms with Gasteiger partial charge in [0.05, 0.1) is 11.3 Å². The van der Waals surface area contributed by atoms with Crippen LogP contribution in [0.4, 0.5) is 0 Å². The molecule has 0 saturated carbocycles. The van der Waals surface area contributed by atoms with Gasteiger partial charge in [0.15, 0.2) is 0 Å². The standard InChI is InChI=1S/C10H12ClNO4S/c1-7-6-8(2-3-9(7)11)17(15,16)12-5-4-10(13)14/h2-3,6,12H,4-5H2,1H3,(H,13,14). The monoisotopic (exact) mass is 277 g/mol. The summed E-state index contributed by atoms with van der Waals surface area (Å²) in [6.07, 6.45) is -0.258. The van der Waals surface area contributed by atoms with Crippen LogP contribution in [0.1, 0.15) is 12.0 Å². The molecule has 0 aliphatic rings. The zero-order valence-corrected chi connectivity index (χ0v) is 10.7. The van der Waals surface area contributed by atoms with Crippen molar-refractivity contribution in [3.05, 3.63) is 28.8 Å². The number of hydrogen-bond donors (Lipinski definition) is 2. The molecule has 0 heterocycles. The van der Waals surface area contributed by atoms with Gasteiger partial charge in [-0.15, -0.1) is 0 Å². The molecule has 0 spiro atoms. The summed E-state index contributed by atoms with van der Waals surface area (Å²) < 4.78 is 25.7. The number of hydrogen-bond acceptors (Lipinski definition) is 3. The van der Waals surface area contributed by atoms with Crippen molar-refractivity contribution in [3.63, 3.8) is 0 Å². The van der Waals surface area contributed by atoms with Crippen LogP contribution in [0.3, 0.4) is 0 Å². The first-order chi connectivity index (χ1) is 7.83. The maximum atomic E-state index is 11.7. The van der Waals surface area contributed by atoms with E-state index >= 15 is 0 Å². The third-order valence-corrected chi connectivity index (χ3v) is 3.95. The lowest BCUT2D eigenvalue weighted by Crippen LogP contribution is -2.26. The summed E-state index contributed by atoms with van der Waals surface area (Å²) in [5, 5.41) is 8.89. The molecule has 17 heavy (non-hydrogen) atoms. The number of halogens is 1. The van der Waals surface area contributed by atoms with Gasteiger partial charge in [-0.3, -0.25) is 4.79 Å². The Hall–Kier alpha value is -1.11. The molecule has 0 bridgehead atoms. The van der Waals surface area contributed by atoms with E-state index in [1.807, 2.05) is 0 Å². The second-order valence-corrected chi connectivity index (χ2v) is 5.63. The second-order valence-electron chi connectivity index (χ2n) is 3.45. The molecule has 0 unspecified atom stereocenters. The van der Waals surface area contributed by atoms with Gasteiger partial charge >= 0.3 is 5.97 Å². The molecule has 0 atom stereocenters. The fourth-order valence-corrected chi connectivity index (χ4v) is 2.39. The predicted octanol–water partition coefficient (Wildman–Crippen LogP) is 1.40. The first-order valence-corrected chi connectivity index (χ1v) is 6.66. The number of nitrogens with one attached hydrogen (secondary N) is 1. The smallest absolute Gasteiger partial charge is 0.304 e. The molecule has 0 aliphatic heterocycles. The van der Waals surface area contributed by atoms with Crippen LogP contribution >= 0.6 is 11.6 Å². The number of aliphatic carboxylic acids is 1. The molecule has 94 valence electrons. The van der Waals surface area contributed by atoms with Crippen molar-refractivity contribution in [1.29, 1.82) is 0 Å². The fraction of sp³-hybridized carbons (Fsp3) is 0.300. The maximum Gasteiger partial charge on any atom is 0.304 e. The van der Waals surface area contributed by atoms with E-state index in [0.29, 0.717) is 10.6 Å². The lowest BCUT2D eigenvalue weighted by molar-refractivity contribution is -0.136. The lowest BCUT2D eigenvalue weighted by atomic mass is 10.2. The number of aryl methyl sites for hydroxylation is 1. The van der Waals surface area contributed by atoms with Gasteiger partial charge in [-0.1, -0.05) is 11.6 Å². The fourth-order valence-electron chi connectivity index (χ4n) is 1.16. The number of carboxylic acid groups (broad SMARTS) is 1. The van der Waals surface area contributed by atoms with E-state index in [-0.39, 0.29) is 17.9 Å². The zero-order valence-electron chi connectivity index (χ0n) is 9.10. The van der Waals surface area contributed by atoms with E-state index in [4.69, 9.17) is 16.7 Å². The molecule has 0 aliphatic carbocycles. The highest BCUT2D eigenvalue weighted by Gasteiger charge is 2.14. The van der Waals surface area contributed by atoms with Crippen LogP contribution < -0.4 is 4.72 Å². The van der Waals surface area contributed by atoms with Gasteiger partial charge in [-0.05, 0) is 30.7 Å². The van der Waals surface area contributed by atoms with Crippen LogP contribution in [0.5, 0.6) is 0 Å². The minimum atomic E-state index is -3.67. The van der Waals surface area contributed by atoms with Crippen LogP contribution in [0.15, 0.2) is 23.1 Å². The topological polar surface area (TPSA) is 83.5 Å². The molecular weight excluding hydrogens is 266 g/mol. The number of carbonyl (C=O) groups is 1. The van der Waals surface area contributed by atoms with Crippen LogP contribution in [0, 0.1) is 6.92 Å². The first kappa shape index (κ1) is 14.0. The predicted molar refractivity (Wildman–Crippen MR) is 63.6 cm³/mol. The third kappa shape index (κ3) is 3.99. The Bertz CT molecular complexity index is 527. The minimum Gasteiger partial charge on any atom is -0.481 e. The van der Waals surface area contributed by atoms with Crippen LogP contribution in [-0.2, 0) is 14.8 Å². The average molecular weight is 278 g/mol. The first-order valence-electron chi connectivity index (χ1n) is 4.80. The summed E-state index contributed by atoms with van der Waals surface area (Å²) in [7, 11) is -3.67. The van der Waals surface area contributed by atoms with Crippen molar-refractivity contribution in [1.82, 2.24) is 4.72 Å². The number of benzene rings is 1. The summed E-state index contributed by atoms with van der Waals surface area (Å²) in [6, 6.07) is 4.30. The molecule has 2 N–H and O–H groups in total. The van der Waals surface area contributed by atoms with Gasteiger partial charge in [0.25, 0.3) is 0 Å². The Morgan fingerprint density at radius 2 is 2.12 bits per heavy atom.